The van der Waals surface area contributed by atoms with E-state index in [9.17, 15) is 9.18 Å². The molecule has 76 valence electrons. The van der Waals surface area contributed by atoms with Crippen molar-refractivity contribution in [1.82, 2.24) is 5.32 Å². The Kier molecular flexibility index (Phi) is 3.85. The van der Waals surface area contributed by atoms with Gasteiger partial charge >= 0.3 is 0 Å². The van der Waals surface area contributed by atoms with Gasteiger partial charge in [0.15, 0.2) is 0 Å². The predicted octanol–water partition coefficient (Wildman–Crippen LogP) is 1.17. The van der Waals surface area contributed by atoms with Crippen molar-refractivity contribution in [2.45, 2.75) is 0 Å². The number of benzene rings is 1. The summed E-state index contributed by atoms with van der Waals surface area (Å²) in [7, 11) is 0. The Bertz CT molecular complexity index is 344. The standard InChI is InChI=1S/C9H10ClFN2O/c10-6-1-2-7(8(11)5-6)9(14)13-4-3-12/h1-2,5H,3-4,12H2,(H,13,14). The zero-order chi connectivity index (χ0) is 10.6. The molecule has 0 heterocycles. The summed E-state index contributed by atoms with van der Waals surface area (Å²) >= 11 is 5.53. The maximum absolute atomic E-state index is 13.2. The second-order valence-electron chi connectivity index (χ2n) is 2.67. The molecule has 14 heavy (non-hydrogen) atoms. The molecule has 0 aliphatic heterocycles. The summed E-state index contributed by atoms with van der Waals surface area (Å²) in [4.78, 5) is 11.3. The maximum atomic E-state index is 13.2. The number of hydrogen-bond acceptors (Lipinski definition) is 2. The molecule has 0 aromatic heterocycles. The lowest BCUT2D eigenvalue weighted by atomic mass is 10.2. The average molecular weight is 217 g/mol. The molecule has 1 amide bonds. The van der Waals surface area contributed by atoms with Crippen molar-refractivity contribution in [3.63, 3.8) is 0 Å². The van der Waals surface area contributed by atoms with E-state index in [-0.39, 0.29) is 10.6 Å². The third-order valence-electron chi connectivity index (χ3n) is 1.61. The molecule has 3 nitrogen and oxygen atoms in total. The highest BCUT2D eigenvalue weighted by molar-refractivity contribution is 6.30. The topological polar surface area (TPSA) is 55.1 Å². The van der Waals surface area contributed by atoms with E-state index in [4.69, 9.17) is 17.3 Å². The zero-order valence-electron chi connectivity index (χ0n) is 7.39. The third-order valence-corrected chi connectivity index (χ3v) is 1.84. The normalized spacial score (nSPS) is 9.93. The number of nitrogens with two attached hydrogens (primary N) is 1. The van der Waals surface area contributed by atoms with Crippen molar-refractivity contribution < 1.29 is 9.18 Å². The summed E-state index contributed by atoms with van der Waals surface area (Å²) in [5.74, 6) is -1.11. The molecule has 0 saturated heterocycles. The zero-order valence-corrected chi connectivity index (χ0v) is 8.14. The molecule has 0 aliphatic rings. The van der Waals surface area contributed by atoms with Gasteiger partial charge < -0.3 is 11.1 Å². The van der Waals surface area contributed by atoms with Gasteiger partial charge in [-0.05, 0) is 18.2 Å². The summed E-state index contributed by atoms with van der Waals surface area (Å²) in [6, 6.07) is 3.89. The molecule has 0 bridgehead atoms. The van der Waals surface area contributed by atoms with Gasteiger partial charge in [0.05, 0.1) is 5.56 Å². The molecule has 0 atom stereocenters. The number of hydrogen-bond donors (Lipinski definition) is 2. The van der Waals surface area contributed by atoms with Crippen LogP contribution in [-0.4, -0.2) is 19.0 Å². The van der Waals surface area contributed by atoms with Gasteiger partial charge in [0.25, 0.3) is 5.91 Å². The van der Waals surface area contributed by atoms with Crippen molar-refractivity contribution >= 4 is 17.5 Å². The molecular formula is C9H10ClFN2O. The highest BCUT2D eigenvalue weighted by atomic mass is 35.5. The smallest absolute Gasteiger partial charge is 0.254 e. The van der Waals surface area contributed by atoms with Crippen LogP contribution in [-0.2, 0) is 0 Å². The average Bonchev–Trinajstić information content (AvgIpc) is 2.14. The molecule has 1 rings (SSSR count). The number of rotatable bonds is 3. The summed E-state index contributed by atoms with van der Waals surface area (Å²) in [5, 5.41) is 2.72. The molecular weight excluding hydrogens is 207 g/mol. The minimum Gasteiger partial charge on any atom is -0.351 e. The Morgan fingerprint density at radius 1 is 1.57 bits per heavy atom. The number of carbonyl (C=O) groups is 1. The lowest BCUT2D eigenvalue weighted by Gasteiger charge is -2.04. The van der Waals surface area contributed by atoms with E-state index in [1.54, 1.807) is 0 Å². The summed E-state index contributed by atoms with van der Waals surface area (Å²) in [6.45, 7) is 0.641. The molecule has 5 heteroatoms. The first-order valence-corrected chi connectivity index (χ1v) is 4.46. The Hall–Kier alpha value is -1.13. The monoisotopic (exact) mass is 216 g/mol. The fourth-order valence-electron chi connectivity index (χ4n) is 0.955. The highest BCUT2D eigenvalue weighted by Gasteiger charge is 2.10. The van der Waals surface area contributed by atoms with E-state index in [2.05, 4.69) is 5.32 Å². The first kappa shape index (κ1) is 10.9. The van der Waals surface area contributed by atoms with E-state index < -0.39 is 11.7 Å². The van der Waals surface area contributed by atoms with Crippen LogP contribution in [0.25, 0.3) is 0 Å². The Balaban J connectivity index is 2.80. The van der Waals surface area contributed by atoms with Crippen molar-refractivity contribution in [1.29, 1.82) is 0 Å². The molecule has 0 fully saturated rings. The van der Waals surface area contributed by atoms with Gasteiger partial charge in [0.2, 0.25) is 0 Å². The molecule has 1 aromatic rings. The number of carbonyl (C=O) groups excluding carboxylic acids is 1. The Labute approximate surface area is 86.0 Å². The predicted molar refractivity (Wildman–Crippen MR) is 52.8 cm³/mol. The number of halogens is 2. The van der Waals surface area contributed by atoms with Gasteiger partial charge in [-0.25, -0.2) is 4.39 Å². The van der Waals surface area contributed by atoms with Crippen LogP contribution in [0.3, 0.4) is 0 Å². The number of amides is 1. The summed E-state index contributed by atoms with van der Waals surface area (Å²) in [6.07, 6.45) is 0. The quantitative estimate of drug-likeness (QED) is 0.797. The summed E-state index contributed by atoms with van der Waals surface area (Å²) in [5.41, 5.74) is 5.16. The molecule has 0 spiro atoms. The lowest BCUT2D eigenvalue weighted by molar-refractivity contribution is 0.0951. The minimum atomic E-state index is -0.632. The van der Waals surface area contributed by atoms with Gasteiger partial charge in [-0.1, -0.05) is 11.6 Å². The highest BCUT2D eigenvalue weighted by Crippen LogP contribution is 2.14. The molecule has 0 saturated carbocycles. The largest absolute Gasteiger partial charge is 0.351 e. The first-order valence-electron chi connectivity index (χ1n) is 4.08. The SMILES string of the molecule is NCCNC(=O)c1ccc(Cl)cc1F. The first-order chi connectivity index (χ1) is 6.65. The molecule has 0 radical (unpaired) electrons. The molecule has 0 unspecified atom stereocenters. The van der Waals surface area contributed by atoms with Crippen LogP contribution >= 0.6 is 11.6 Å². The van der Waals surface area contributed by atoms with E-state index in [0.29, 0.717) is 13.1 Å². The second kappa shape index (κ2) is 4.93. The minimum absolute atomic E-state index is 0.0251. The van der Waals surface area contributed by atoms with Gasteiger partial charge in [-0.15, -0.1) is 0 Å². The second-order valence-corrected chi connectivity index (χ2v) is 3.11. The summed E-state index contributed by atoms with van der Waals surface area (Å²) < 4.78 is 13.2. The van der Waals surface area contributed by atoms with Crippen LogP contribution in [0.2, 0.25) is 5.02 Å². The van der Waals surface area contributed by atoms with E-state index in [0.717, 1.165) is 6.07 Å². The van der Waals surface area contributed by atoms with E-state index in [1.165, 1.54) is 12.1 Å². The lowest BCUT2D eigenvalue weighted by Crippen LogP contribution is -2.29. The van der Waals surface area contributed by atoms with Crippen molar-refractivity contribution in [2.75, 3.05) is 13.1 Å². The maximum Gasteiger partial charge on any atom is 0.254 e. The van der Waals surface area contributed by atoms with Crippen LogP contribution in [0, 0.1) is 5.82 Å². The van der Waals surface area contributed by atoms with Crippen LogP contribution < -0.4 is 11.1 Å². The molecule has 0 aliphatic carbocycles. The Morgan fingerprint density at radius 3 is 2.86 bits per heavy atom. The van der Waals surface area contributed by atoms with Crippen molar-refractivity contribution in [3.05, 3.63) is 34.6 Å². The number of nitrogens with one attached hydrogen (secondary N) is 1. The fourth-order valence-corrected chi connectivity index (χ4v) is 1.11. The molecule has 3 N–H and O–H groups in total. The fraction of sp³-hybridized carbons (Fsp3) is 0.222. The van der Waals surface area contributed by atoms with Crippen molar-refractivity contribution in [2.24, 2.45) is 5.73 Å². The van der Waals surface area contributed by atoms with Crippen LogP contribution in [0.15, 0.2) is 18.2 Å². The van der Waals surface area contributed by atoms with Gasteiger partial charge in [0.1, 0.15) is 5.82 Å². The van der Waals surface area contributed by atoms with Crippen molar-refractivity contribution in [3.8, 4) is 0 Å². The third kappa shape index (κ3) is 2.68. The van der Waals surface area contributed by atoms with E-state index >= 15 is 0 Å². The van der Waals surface area contributed by atoms with Gasteiger partial charge in [-0.2, -0.15) is 0 Å². The van der Waals surface area contributed by atoms with Crippen LogP contribution in [0.1, 0.15) is 10.4 Å². The van der Waals surface area contributed by atoms with Gasteiger partial charge in [0, 0.05) is 18.1 Å². The van der Waals surface area contributed by atoms with E-state index in [1.807, 2.05) is 0 Å². The molecule has 1 aromatic carbocycles. The van der Waals surface area contributed by atoms with Crippen LogP contribution in [0.4, 0.5) is 4.39 Å². The van der Waals surface area contributed by atoms with Gasteiger partial charge in [-0.3, -0.25) is 4.79 Å². The Morgan fingerprint density at radius 2 is 2.29 bits per heavy atom. The van der Waals surface area contributed by atoms with Crippen LogP contribution in [0.5, 0.6) is 0 Å².